The fourth-order valence-corrected chi connectivity index (χ4v) is 3.43. The molecule has 0 aliphatic heterocycles. The topological polar surface area (TPSA) is 56.1 Å². The zero-order chi connectivity index (χ0) is 18.3. The van der Waals surface area contributed by atoms with Crippen LogP contribution in [0.25, 0.3) is 22.2 Å². The third-order valence-electron chi connectivity index (χ3n) is 5.09. The van der Waals surface area contributed by atoms with Crippen LogP contribution >= 0.6 is 0 Å². The SMILES string of the molecule is CCOc1ccccc1-c1cc2cc(NC(=O)C3C[C@H]3C)ncc2n1C. The van der Waals surface area contributed by atoms with Gasteiger partial charge < -0.3 is 14.6 Å². The van der Waals surface area contributed by atoms with E-state index in [1.807, 2.05) is 44.4 Å². The highest BCUT2D eigenvalue weighted by molar-refractivity contribution is 5.96. The molecule has 1 aliphatic rings. The fourth-order valence-electron chi connectivity index (χ4n) is 3.43. The number of nitrogens with one attached hydrogen (secondary N) is 1. The summed E-state index contributed by atoms with van der Waals surface area (Å²) in [6.07, 6.45) is 2.78. The Balaban J connectivity index is 1.69. The van der Waals surface area contributed by atoms with Crippen LogP contribution < -0.4 is 10.1 Å². The smallest absolute Gasteiger partial charge is 0.228 e. The molecule has 26 heavy (non-hydrogen) atoms. The summed E-state index contributed by atoms with van der Waals surface area (Å²) in [5, 5.41) is 3.99. The fraction of sp³-hybridized carbons (Fsp3) is 0.333. The Labute approximate surface area is 153 Å². The third-order valence-corrected chi connectivity index (χ3v) is 5.09. The average molecular weight is 349 g/mol. The first-order valence-electron chi connectivity index (χ1n) is 9.07. The minimum atomic E-state index is 0.0715. The highest BCUT2D eigenvalue weighted by Crippen LogP contribution is 2.38. The molecule has 0 bridgehead atoms. The summed E-state index contributed by atoms with van der Waals surface area (Å²) >= 11 is 0. The second kappa shape index (κ2) is 6.48. The van der Waals surface area contributed by atoms with Crippen molar-refractivity contribution in [3.05, 3.63) is 42.6 Å². The number of carbonyl (C=O) groups is 1. The van der Waals surface area contributed by atoms with Crippen LogP contribution in [0.15, 0.2) is 42.6 Å². The van der Waals surface area contributed by atoms with Crippen molar-refractivity contribution in [3.63, 3.8) is 0 Å². The highest BCUT2D eigenvalue weighted by atomic mass is 16.5. The predicted molar refractivity (Wildman–Crippen MR) is 103 cm³/mol. The van der Waals surface area contributed by atoms with Crippen LogP contribution in [-0.2, 0) is 11.8 Å². The normalized spacial score (nSPS) is 18.7. The Morgan fingerprint density at radius 2 is 2.12 bits per heavy atom. The van der Waals surface area contributed by atoms with Gasteiger partial charge in [-0.1, -0.05) is 19.1 Å². The Morgan fingerprint density at radius 3 is 2.85 bits per heavy atom. The summed E-state index contributed by atoms with van der Waals surface area (Å²) in [6, 6.07) is 12.1. The van der Waals surface area contributed by atoms with Gasteiger partial charge in [-0.3, -0.25) is 4.79 Å². The summed E-state index contributed by atoms with van der Waals surface area (Å²) in [5.74, 6) is 2.16. The lowest BCUT2D eigenvalue weighted by Crippen LogP contribution is -2.15. The number of aryl methyl sites for hydroxylation is 1. The molecule has 1 fully saturated rings. The van der Waals surface area contributed by atoms with E-state index in [-0.39, 0.29) is 11.8 Å². The largest absolute Gasteiger partial charge is 0.493 e. The Hall–Kier alpha value is -2.82. The number of rotatable bonds is 5. The molecule has 0 radical (unpaired) electrons. The van der Waals surface area contributed by atoms with Crippen molar-refractivity contribution in [1.29, 1.82) is 0 Å². The van der Waals surface area contributed by atoms with Crippen LogP contribution in [0.5, 0.6) is 5.75 Å². The minimum Gasteiger partial charge on any atom is -0.493 e. The van der Waals surface area contributed by atoms with Crippen molar-refractivity contribution in [2.24, 2.45) is 18.9 Å². The molecular weight excluding hydrogens is 326 g/mol. The Kier molecular flexibility index (Phi) is 4.15. The van der Waals surface area contributed by atoms with Gasteiger partial charge in [0.1, 0.15) is 11.6 Å². The first-order chi connectivity index (χ1) is 12.6. The van der Waals surface area contributed by atoms with Crippen LogP contribution in [0.1, 0.15) is 20.3 Å². The Bertz CT molecular complexity index is 977. The molecule has 1 amide bonds. The van der Waals surface area contributed by atoms with E-state index in [0.717, 1.165) is 34.3 Å². The molecule has 1 unspecified atom stereocenters. The summed E-state index contributed by atoms with van der Waals surface area (Å²) in [5.41, 5.74) is 3.12. The highest BCUT2D eigenvalue weighted by Gasteiger charge is 2.39. The molecule has 5 nitrogen and oxygen atoms in total. The molecule has 0 saturated heterocycles. The van der Waals surface area contributed by atoms with E-state index in [1.54, 1.807) is 0 Å². The lowest BCUT2D eigenvalue weighted by atomic mass is 10.1. The van der Waals surface area contributed by atoms with Crippen molar-refractivity contribution < 1.29 is 9.53 Å². The summed E-state index contributed by atoms with van der Waals surface area (Å²) < 4.78 is 7.88. The van der Waals surface area contributed by atoms with Gasteiger partial charge in [0.2, 0.25) is 5.91 Å². The number of amides is 1. The molecule has 1 aromatic carbocycles. The van der Waals surface area contributed by atoms with Gasteiger partial charge in [0.25, 0.3) is 0 Å². The molecule has 2 atom stereocenters. The van der Waals surface area contributed by atoms with E-state index in [1.165, 1.54) is 0 Å². The number of hydrogen-bond donors (Lipinski definition) is 1. The number of fused-ring (bicyclic) bond motifs is 1. The minimum absolute atomic E-state index is 0.0715. The number of benzene rings is 1. The molecule has 2 aromatic heterocycles. The number of nitrogens with zero attached hydrogens (tertiary/aromatic N) is 2. The monoisotopic (exact) mass is 349 g/mol. The zero-order valence-electron chi connectivity index (χ0n) is 15.3. The predicted octanol–water partition coefficient (Wildman–Crippen LogP) is 4.23. The van der Waals surface area contributed by atoms with Crippen molar-refractivity contribution in [2.75, 3.05) is 11.9 Å². The second-order valence-corrected chi connectivity index (χ2v) is 6.95. The molecule has 1 saturated carbocycles. The molecule has 3 aromatic rings. The van der Waals surface area contributed by atoms with Gasteiger partial charge in [-0.25, -0.2) is 4.98 Å². The summed E-state index contributed by atoms with van der Waals surface area (Å²) in [4.78, 5) is 16.6. The maximum Gasteiger partial charge on any atom is 0.228 e. The van der Waals surface area contributed by atoms with E-state index >= 15 is 0 Å². The maximum absolute atomic E-state index is 12.2. The first kappa shape index (κ1) is 16.6. The van der Waals surface area contributed by atoms with Crippen LogP contribution in [0.4, 0.5) is 5.82 Å². The standard InChI is InChI=1S/C21H23N3O2/c1-4-26-19-8-6-5-7-15(19)17-10-14-11-20(22-12-18(14)24(17)3)23-21(25)16-9-13(16)2/h5-8,10-13,16H,4,9H2,1-3H3,(H,22,23,25)/t13-,16?/m1/s1. The number of aromatic nitrogens is 2. The van der Waals surface area contributed by atoms with E-state index in [2.05, 4.69) is 33.9 Å². The molecule has 0 spiro atoms. The van der Waals surface area contributed by atoms with Gasteiger partial charge in [-0.2, -0.15) is 0 Å². The summed E-state index contributed by atoms with van der Waals surface area (Å²) in [7, 11) is 2.02. The Morgan fingerprint density at radius 1 is 1.35 bits per heavy atom. The lowest BCUT2D eigenvalue weighted by molar-refractivity contribution is -0.117. The van der Waals surface area contributed by atoms with Crippen LogP contribution in [0.3, 0.4) is 0 Å². The van der Waals surface area contributed by atoms with Gasteiger partial charge >= 0.3 is 0 Å². The van der Waals surface area contributed by atoms with Gasteiger partial charge in [0.15, 0.2) is 0 Å². The average Bonchev–Trinajstić information content (AvgIpc) is 3.28. The van der Waals surface area contributed by atoms with Crippen LogP contribution in [0, 0.1) is 11.8 Å². The number of ether oxygens (including phenoxy) is 1. The van der Waals surface area contributed by atoms with Crippen LogP contribution in [0.2, 0.25) is 0 Å². The molecule has 1 N–H and O–H groups in total. The number of pyridine rings is 1. The molecule has 4 rings (SSSR count). The first-order valence-corrected chi connectivity index (χ1v) is 9.07. The molecule has 5 heteroatoms. The van der Waals surface area contributed by atoms with Crippen molar-refractivity contribution in [2.45, 2.75) is 20.3 Å². The van der Waals surface area contributed by atoms with Crippen molar-refractivity contribution in [1.82, 2.24) is 9.55 Å². The van der Waals surface area contributed by atoms with Gasteiger partial charge in [-0.05, 0) is 43.5 Å². The molecule has 2 heterocycles. The van der Waals surface area contributed by atoms with Crippen LogP contribution in [-0.4, -0.2) is 22.1 Å². The van der Waals surface area contributed by atoms with Gasteiger partial charge in [0.05, 0.1) is 24.0 Å². The number of para-hydroxylation sites is 1. The molecule has 134 valence electrons. The second-order valence-electron chi connectivity index (χ2n) is 6.95. The zero-order valence-corrected chi connectivity index (χ0v) is 15.3. The molecular formula is C21H23N3O2. The number of carbonyl (C=O) groups excluding carboxylic acids is 1. The van der Waals surface area contributed by atoms with E-state index in [4.69, 9.17) is 4.74 Å². The third kappa shape index (κ3) is 2.94. The van der Waals surface area contributed by atoms with Crippen molar-refractivity contribution in [3.8, 4) is 17.0 Å². The maximum atomic E-state index is 12.2. The van der Waals surface area contributed by atoms with E-state index in [0.29, 0.717) is 18.3 Å². The summed E-state index contributed by atoms with van der Waals surface area (Å²) in [6.45, 7) is 4.70. The molecule has 1 aliphatic carbocycles. The quantitative estimate of drug-likeness (QED) is 0.750. The van der Waals surface area contributed by atoms with E-state index in [9.17, 15) is 4.79 Å². The van der Waals surface area contributed by atoms with Crippen molar-refractivity contribution >= 4 is 22.6 Å². The van der Waals surface area contributed by atoms with Gasteiger partial charge in [0, 0.05) is 23.9 Å². The van der Waals surface area contributed by atoms with E-state index < -0.39 is 0 Å². The number of hydrogen-bond acceptors (Lipinski definition) is 3. The lowest BCUT2D eigenvalue weighted by Gasteiger charge is -2.11. The van der Waals surface area contributed by atoms with Gasteiger partial charge in [-0.15, -0.1) is 0 Å². The number of anilines is 1.